The molecule has 2 heterocycles. The second-order valence-electron chi connectivity index (χ2n) is 5.97. The number of fused-ring (bicyclic) bond motifs is 1. The van der Waals surface area contributed by atoms with Crippen LogP contribution in [0.4, 0.5) is 5.69 Å². The van der Waals surface area contributed by atoms with Gasteiger partial charge in [-0.1, -0.05) is 6.07 Å². The highest BCUT2D eigenvalue weighted by Gasteiger charge is 2.05. The van der Waals surface area contributed by atoms with Crippen LogP contribution < -0.4 is 10.6 Å². The van der Waals surface area contributed by atoms with E-state index in [9.17, 15) is 4.79 Å². The molecule has 0 aliphatic rings. The van der Waals surface area contributed by atoms with E-state index >= 15 is 0 Å². The highest BCUT2D eigenvalue weighted by atomic mass is 16.3. The van der Waals surface area contributed by atoms with E-state index in [-0.39, 0.29) is 12.5 Å². The van der Waals surface area contributed by atoms with Crippen molar-refractivity contribution in [3.63, 3.8) is 0 Å². The van der Waals surface area contributed by atoms with Crippen molar-refractivity contribution in [3.05, 3.63) is 65.6 Å². The fraction of sp³-hybridized carbons (Fsp3) is 0.263. The highest BCUT2D eigenvalue weighted by Crippen LogP contribution is 2.12. The Morgan fingerprint density at radius 1 is 1.16 bits per heavy atom. The normalized spacial score (nSPS) is 10.8. The number of aryl methyl sites for hydroxylation is 1. The molecule has 1 amide bonds. The molecular formula is C19H22N4O2. The van der Waals surface area contributed by atoms with Crippen LogP contribution in [0.1, 0.15) is 28.0 Å². The lowest BCUT2D eigenvalue weighted by atomic mass is 10.2. The van der Waals surface area contributed by atoms with E-state index in [4.69, 9.17) is 5.11 Å². The van der Waals surface area contributed by atoms with Crippen LogP contribution in [0.25, 0.3) is 5.65 Å². The summed E-state index contributed by atoms with van der Waals surface area (Å²) in [7, 11) is 0. The summed E-state index contributed by atoms with van der Waals surface area (Å²) in [5, 5.41) is 14.8. The number of pyridine rings is 1. The number of carbonyl (C=O) groups excluding carboxylic acids is 1. The van der Waals surface area contributed by atoms with Gasteiger partial charge in [-0.15, -0.1) is 0 Å². The molecule has 0 saturated carbocycles. The summed E-state index contributed by atoms with van der Waals surface area (Å²) in [6.07, 6.45) is 4.62. The summed E-state index contributed by atoms with van der Waals surface area (Å²) < 4.78 is 2.02. The van der Waals surface area contributed by atoms with E-state index in [0.29, 0.717) is 25.1 Å². The highest BCUT2D eigenvalue weighted by molar-refractivity contribution is 5.94. The first-order chi connectivity index (χ1) is 12.2. The minimum absolute atomic E-state index is 0.0752. The maximum atomic E-state index is 11.9. The molecule has 0 unspecified atom stereocenters. The number of hydrogen-bond acceptors (Lipinski definition) is 4. The number of imidazole rings is 1. The van der Waals surface area contributed by atoms with Crippen LogP contribution in [0.5, 0.6) is 0 Å². The van der Waals surface area contributed by atoms with Crippen LogP contribution in [0, 0.1) is 6.92 Å². The van der Waals surface area contributed by atoms with Crippen molar-refractivity contribution >= 4 is 17.2 Å². The van der Waals surface area contributed by atoms with Crippen molar-refractivity contribution in [2.45, 2.75) is 19.9 Å². The van der Waals surface area contributed by atoms with Crippen molar-refractivity contribution in [3.8, 4) is 0 Å². The monoisotopic (exact) mass is 338 g/mol. The predicted molar refractivity (Wildman–Crippen MR) is 97.7 cm³/mol. The third kappa shape index (κ3) is 4.36. The number of aliphatic hydroxyl groups excluding tert-OH is 1. The lowest BCUT2D eigenvalue weighted by molar-refractivity contribution is 0.0951. The van der Waals surface area contributed by atoms with Gasteiger partial charge in [0.1, 0.15) is 5.65 Å². The molecule has 0 saturated heterocycles. The summed E-state index contributed by atoms with van der Waals surface area (Å²) >= 11 is 0. The molecule has 0 spiro atoms. The number of carbonyl (C=O) groups is 1. The quantitative estimate of drug-likeness (QED) is 0.578. The van der Waals surface area contributed by atoms with Gasteiger partial charge in [-0.3, -0.25) is 4.79 Å². The summed E-state index contributed by atoms with van der Waals surface area (Å²) in [4.78, 5) is 16.5. The first-order valence-electron chi connectivity index (χ1n) is 8.33. The van der Waals surface area contributed by atoms with Gasteiger partial charge in [-0.2, -0.15) is 0 Å². The molecule has 1 aromatic carbocycles. The summed E-state index contributed by atoms with van der Waals surface area (Å²) in [6, 6.07) is 11.4. The topological polar surface area (TPSA) is 78.7 Å². The molecule has 6 heteroatoms. The minimum Gasteiger partial charge on any atom is -0.396 e. The maximum Gasteiger partial charge on any atom is 0.251 e. The van der Waals surface area contributed by atoms with E-state index in [1.807, 2.05) is 34.9 Å². The molecular weight excluding hydrogens is 316 g/mol. The average molecular weight is 338 g/mol. The van der Waals surface area contributed by atoms with Crippen molar-refractivity contribution < 1.29 is 9.90 Å². The molecule has 3 rings (SSSR count). The molecule has 0 fully saturated rings. The molecule has 0 radical (unpaired) electrons. The Hall–Kier alpha value is -2.86. The van der Waals surface area contributed by atoms with Gasteiger partial charge in [0.2, 0.25) is 0 Å². The van der Waals surface area contributed by atoms with Crippen LogP contribution in [-0.2, 0) is 6.54 Å². The van der Waals surface area contributed by atoms with Gasteiger partial charge in [0.05, 0.1) is 12.2 Å². The Morgan fingerprint density at radius 2 is 1.96 bits per heavy atom. The molecule has 0 aliphatic heterocycles. The summed E-state index contributed by atoms with van der Waals surface area (Å²) in [6.45, 7) is 3.22. The van der Waals surface area contributed by atoms with Gasteiger partial charge in [0, 0.05) is 36.8 Å². The fourth-order valence-corrected chi connectivity index (χ4v) is 2.56. The number of amides is 1. The van der Waals surface area contributed by atoms with Gasteiger partial charge in [-0.05, 0) is 49.2 Å². The fourth-order valence-electron chi connectivity index (χ4n) is 2.56. The van der Waals surface area contributed by atoms with Crippen LogP contribution in [0.15, 0.2) is 48.8 Å². The van der Waals surface area contributed by atoms with E-state index < -0.39 is 0 Å². The minimum atomic E-state index is -0.129. The largest absolute Gasteiger partial charge is 0.396 e. The smallest absolute Gasteiger partial charge is 0.251 e. The zero-order valence-corrected chi connectivity index (χ0v) is 14.2. The maximum absolute atomic E-state index is 11.9. The number of hydrogen-bond donors (Lipinski definition) is 3. The molecule has 3 aromatic rings. The number of aliphatic hydroxyl groups is 1. The average Bonchev–Trinajstić information content (AvgIpc) is 3.02. The van der Waals surface area contributed by atoms with E-state index in [1.165, 1.54) is 5.56 Å². The van der Waals surface area contributed by atoms with Gasteiger partial charge in [0.25, 0.3) is 5.91 Å². The Kier molecular flexibility index (Phi) is 5.30. The Morgan fingerprint density at radius 3 is 2.72 bits per heavy atom. The second kappa shape index (κ2) is 7.81. The SMILES string of the molecule is Cc1ccc2nc(CNc3ccc(C(=O)NCCCO)cc3)cn2c1. The van der Waals surface area contributed by atoms with Crippen molar-refractivity contribution in [2.24, 2.45) is 0 Å². The van der Waals surface area contributed by atoms with Crippen molar-refractivity contribution in [2.75, 3.05) is 18.5 Å². The molecule has 0 aliphatic carbocycles. The lowest BCUT2D eigenvalue weighted by Crippen LogP contribution is -2.24. The molecule has 25 heavy (non-hydrogen) atoms. The van der Waals surface area contributed by atoms with Gasteiger partial charge in [-0.25, -0.2) is 4.98 Å². The van der Waals surface area contributed by atoms with E-state index in [1.54, 1.807) is 12.1 Å². The molecule has 130 valence electrons. The zero-order chi connectivity index (χ0) is 17.6. The van der Waals surface area contributed by atoms with Crippen LogP contribution in [0.3, 0.4) is 0 Å². The number of nitrogens with zero attached hydrogens (tertiary/aromatic N) is 2. The standard InChI is InChI=1S/C19H22N4O2/c1-14-3-8-18-22-17(13-23(18)12-14)11-21-16-6-4-15(5-7-16)19(25)20-9-2-10-24/h3-8,12-13,21,24H,2,9-11H2,1H3,(H,20,25). The predicted octanol–water partition coefficient (Wildman–Crippen LogP) is 2.37. The van der Waals surface area contributed by atoms with Crippen LogP contribution >= 0.6 is 0 Å². The Balaban J connectivity index is 1.58. The number of rotatable bonds is 7. The lowest BCUT2D eigenvalue weighted by Gasteiger charge is -2.07. The number of aromatic nitrogens is 2. The number of anilines is 1. The third-order valence-corrected chi connectivity index (χ3v) is 3.89. The summed E-state index contributed by atoms with van der Waals surface area (Å²) in [5.41, 5.74) is 4.61. The Bertz CT molecular complexity index is 855. The van der Waals surface area contributed by atoms with E-state index in [0.717, 1.165) is 17.0 Å². The van der Waals surface area contributed by atoms with Gasteiger partial charge < -0.3 is 20.1 Å². The van der Waals surface area contributed by atoms with Crippen molar-refractivity contribution in [1.82, 2.24) is 14.7 Å². The Labute approximate surface area is 146 Å². The van der Waals surface area contributed by atoms with Crippen molar-refractivity contribution in [1.29, 1.82) is 0 Å². The first-order valence-corrected chi connectivity index (χ1v) is 8.33. The number of nitrogens with one attached hydrogen (secondary N) is 2. The second-order valence-corrected chi connectivity index (χ2v) is 5.97. The molecule has 0 atom stereocenters. The van der Waals surface area contributed by atoms with Crippen LogP contribution in [0.2, 0.25) is 0 Å². The summed E-state index contributed by atoms with van der Waals surface area (Å²) in [5.74, 6) is -0.129. The zero-order valence-electron chi connectivity index (χ0n) is 14.2. The van der Waals surface area contributed by atoms with E-state index in [2.05, 4.69) is 28.7 Å². The molecule has 3 N–H and O–H groups in total. The first kappa shape index (κ1) is 17.0. The molecule has 0 bridgehead atoms. The molecule has 2 aromatic heterocycles. The van der Waals surface area contributed by atoms with Gasteiger partial charge >= 0.3 is 0 Å². The third-order valence-electron chi connectivity index (χ3n) is 3.89. The van der Waals surface area contributed by atoms with Gasteiger partial charge in [0.15, 0.2) is 0 Å². The number of benzene rings is 1. The van der Waals surface area contributed by atoms with Crippen LogP contribution in [-0.4, -0.2) is 33.6 Å². The molecule has 6 nitrogen and oxygen atoms in total.